The molecular weight excluding hydrogens is 456 g/mol. The zero-order chi connectivity index (χ0) is 24.3. The predicted octanol–water partition coefficient (Wildman–Crippen LogP) is 5.37. The van der Waals surface area contributed by atoms with Crippen molar-refractivity contribution in [2.45, 2.75) is 6.42 Å². The van der Waals surface area contributed by atoms with Gasteiger partial charge < -0.3 is 18.9 Å². The van der Waals surface area contributed by atoms with E-state index in [0.717, 1.165) is 28.9 Å². The highest BCUT2D eigenvalue weighted by Crippen LogP contribution is 2.36. The van der Waals surface area contributed by atoms with Crippen molar-refractivity contribution >= 4 is 11.9 Å². The molecule has 3 heterocycles. The fraction of sp³-hybridized carbons (Fsp3) is 0.172. The van der Waals surface area contributed by atoms with Crippen LogP contribution in [0.2, 0.25) is 0 Å². The van der Waals surface area contributed by atoms with E-state index in [1.165, 1.54) is 0 Å². The van der Waals surface area contributed by atoms with Crippen LogP contribution in [0.1, 0.15) is 22.3 Å². The van der Waals surface area contributed by atoms with E-state index in [9.17, 15) is 4.79 Å². The van der Waals surface area contributed by atoms with Crippen molar-refractivity contribution in [2.24, 2.45) is 0 Å². The first-order valence-corrected chi connectivity index (χ1v) is 11.9. The minimum absolute atomic E-state index is 0.133. The first-order chi connectivity index (χ1) is 17.7. The van der Waals surface area contributed by atoms with Crippen molar-refractivity contribution in [3.05, 3.63) is 90.1 Å². The summed E-state index contributed by atoms with van der Waals surface area (Å²) in [7, 11) is 0. The summed E-state index contributed by atoms with van der Waals surface area (Å²) in [4.78, 5) is 13.1. The van der Waals surface area contributed by atoms with Crippen LogP contribution in [-0.2, 0) is 0 Å². The van der Waals surface area contributed by atoms with E-state index in [4.69, 9.17) is 24.0 Å². The second-order valence-electron chi connectivity index (χ2n) is 8.48. The lowest BCUT2D eigenvalue weighted by Gasteiger charge is -2.18. The van der Waals surface area contributed by atoms with Gasteiger partial charge in [0.25, 0.3) is 0 Å². The lowest BCUT2D eigenvalue weighted by atomic mass is 10.1. The Hall–Kier alpha value is -4.52. The molecule has 0 saturated carbocycles. The van der Waals surface area contributed by atoms with Gasteiger partial charge in [-0.25, -0.2) is 4.68 Å². The van der Waals surface area contributed by atoms with Crippen LogP contribution in [-0.4, -0.2) is 42.0 Å². The van der Waals surface area contributed by atoms with Crippen LogP contribution < -0.4 is 18.9 Å². The number of carbonyl (C=O) groups excluding carboxylic acids is 1. The number of fused-ring (bicyclic) bond motifs is 2. The molecule has 7 nitrogen and oxygen atoms in total. The second-order valence-corrected chi connectivity index (χ2v) is 8.48. The van der Waals surface area contributed by atoms with Crippen molar-refractivity contribution in [1.82, 2.24) is 9.78 Å². The maximum absolute atomic E-state index is 13.1. The van der Waals surface area contributed by atoms with Crippen molar-refractivity contribution in [1.29, 1.82) is 0 Å². The van der Waals surface area contributed by atoms with Gasteiger partial charge in [0.2, 0.25) is 0 Å². The number of hydrogen-bond acceptors (Lipinski definition) is 6. The summed E-state index contributed by atoms with van der Waals surface area (Å²) in [5, 5.41) is 4.84. The van der Waals surface area contributed by atoms with Gasteiger partial charge in [0.1, 0.15) is 18.9 Å². The van der Waals surface area contributed by atoms with Gasteiger partial charge in [0.05, 0.1) is 18.9 Å². The largest absolute Gasteiger partial charge is 0.490 e. The van der Waals surface area contributed by atoms with E-state index in [1.807, 2.05) is 59.4 Å². The van der Waals surface area contributed by atoms with E-state index in [2.05, 4.69) is 0 Å². The molecule has 0 N–H and O–H groups in total. The maximum Gasteiger partial charge on any atom is 0.185 e. The average Bonchev–Trinajstić information content (AvgIpc) is 3.22. The molecule has 0 aliphatic carbocycles. The van der Waals surface area contributed by atoms with Crippen molar-refractivity contribution in [3.63, 3.8) is 0 Å². The number of ether oxygens (including phenoxy) is 4. The molecule has 0 saturated heterocycles. The SMILES string of the molecule is O=C(C=Cc1cn(-c2ccccc2)nc1-c1ccc2c(c1)OCCO2)c1ccc2c(c1)OCCCO2. The van der Waals surface area contributed by atoms with Crippen molar-refractivity contribution < 1.29 is 23.7 Å². The molecule has 2 aliphatic rings. The highest BCUT2D eigenvalue weighted by molar-refractivity contribution is 6.07. The Morgan fingerprint density at radius 2 is 1.47 bits per heavy atom. The van der Waals surface area contributed by atoms with Gasteiger partial charge in [-0.1, -0.05) is 18.2 Å². The molecule has 0 spiro atoms. The Morgan fingerprint density at radius 3 is 2.31 bits per heavy atom. The molecule has 180 valence electrons. The fourth-order valence-electron chi connectivity index (χ4n) is 4.22. The van der Waals surface area contributed by atoms with Gasteiger partial charge in [-0.2, -0.15) is 5.10 Å². The smallest absolute Gasteiger partial charge is 0.185 e. The standard InChI is InChI=1S/C29H24N2O5/c32-24(20-8-11-25-27(17-20)34-14-4-13-33-25)10-7-22-19-31(23-5-2-1-3-6-23)30-29(22)21-9-12-26-28(18-21)36-16-15-35-26/h1-3,5-12,17-19H,4,13-16H2. The maximum atomic E-state index is 13.1. The van der Waals surface area contributed by atoms with E-state index in [0.29, 0.717) is 55.0 Å². The molecule has 0 amide bonds. The molecule has 0 radical (unpaired) electrons. The number of ketones is 1. The van der Waals surface area contributed by atoms with E-state index >= 15 is 0 Å². The number of allylic oxidation sites excluding steroid dienone is 1. The molecule has 0 fully saturated rings. The van der Waals surface area contributed by atoms with Crippen molar-refractivity contribution in [3.8, 4) is 39.9 Å². The van der Waals surface area contributed by atoms with E-state index in [-0.39, 0.29) is 5.78 Å². The van der Waals surface area contributed by atoms with Crippen LogP contribution in [0.3, 0.4) is 0 Å². The zero-order valence-electron chi connectivity index (χ0n) is 19.6. The summed E-state index contributed by atoms with van der Waals surface area (Å²) < 4.78 is 24.7. The molecule has 4 aromatic rings. The number of hydrogen-bond donors (Lipinski definition) is 0. The van der Waals surface area contributed by atoms with Crippen LogP contribution in [0.4, 0.5) is 0 Å². The van der Waals surface area contributed by atoms with Gasteiger partial charge in [0, 0.05) is 29.3 Å². The first-order valence-electron chi connectivity index (χ1n) is 11.9. The Morgan fingerprint density at radius 1 is 0.778 bits per heavy atom. The number of para-hydroxylation sites is 1. The quantitative estimate of drug-likeness (QED) is 0.283. The summed E-state index contributed by atoms with van der Waals surface area (Å²) in [6.07, 6.45) is 6.09. The second kappa shape index (κ2) is 9.62. The minimum Gasteiger partial charge on any atom is -0.490 e. The van der Waals surface area contributed by atoms with Gasteiger partial charge in [-0.05, 0) is 60.7 Å². The highest BCUT2D eigenvalue weighted by atomic mass is 16.6. The molecule has 6 rings (SSSR count). The minimum atomic E-state index is -0.133. The van der Waals surface area contributed by atoms with Gasteiger partial charge >= 0.3 is 0 Å². The first kappa shape index (κ1) is 22.0. The normalized spacial score (nSPS) is 14.4. The fourth-order valence-corrected chi connectivity index (χ4v) is 4.22. The van der Waals surface area contributed by atoms with E-state index in [1.54, 1.807) is 30.4 Å². The molecule has 0 unspecified atom stereocenters. The Kier molecular flexibility index (Phi) is 5.87. The molecule has 36 heavy (non-hydrogen) atoms. The van der Waals surface area contributed by atoms with Gasteiger partial charge in [0.15, 0.2) is 28.8 Å². The third-order valence-corrected chi connectivity index (χ3v) is 6.03. The van der Waals surface area contributed by atoms with Crippen LogP contribution in [0.25, 0.3) is 23.0 Å². The molecule has 0 atom stereocenters. The molecule has 3 aromatic carbocycles. The third kappa shape index (κ3) is 4.43. The highest BCUT2D eigenvalue weighted by Gasteiger charge is 2.17. The average molecular weight is 481 g/mol. The predicted molar refractivity (Wildman–Crippen MR) is 135 cm³/mol. The summed E-state index contributed by atoms with van der Waals surface area (Å²) >= 11 is 0. The molecule has 2 aliphatic heterocycles. The molecule has 1 aromatic heterocycles. The Balaban J connectivity index is 1.35. The number of nitrogens with zero attached hydrogens (tertiary/aromatic N) is 2. The van der Waals surface area contributed by atoms with E-state index < -0.39 is 0 Å². The summed E-state index contributed by atoms with van der Waals surface area (Å²) in [6.45, 7) is 2.21. The number of rotatable bonds is 5. The summed E-state index contributed by atoms with van der Waals surface area (Å²) in [6, 6.07) is 20.9. The van der Waals surface area contributed by atoms with Gasteiger partial charge in [-0.15, -0.1) is 0 Å². The van der Waals surface area contributed by atoms with Crippen LogP contribution in [0, 0.1) is 0 Å². The number of aromatic nitrogens is 2. The molecular formula is C29H24N2O5. The molecule has 0 bridgehead atoms. The van der Waals surface area contributed by atoms with Crippen LogP contribution >= 0.6 is 0 Å². The monoisotopic (exact) mass is 480 g/mol. The van der Waals surface area contributed by atoms with Crippen LogP contribution in [0.15, 0.2) is 79.0 Å². The molecule has 7 heteroatoms. The summed E-state index contributed by atoms with van der Waals surface area (Å²) in [5.41, 5.74) is 3.87. The van der Waals surface area contributed by atoms with Gasteiger partial charge in [-0.3, -0.25) is 4.79 Å². The summed E-state index contributed by atoms with van der Waals surface area (Å²) in [5.74, 6) is 2.53. The number of benzene rings is 3. The van der Waals surface area contributed by atoms with Crippen molar-refractivity contribution in [2.75, 3.05) is 26.4 Å². The lowest BCUT2D eigenvalue weighted by Crippen LogP contribution is -2.15. The topological polar surface area (TPSA) is 71.8 Å². The third-order valence-electron chi connectivity index (χ3n) is 6.03. The zero-order valence-corrected chi connectivity index (χ0v) is 19.6. The Labute approximate surface area is 208 Å². The lowest BCUT2D eigenvalue weighted by molar-refractivity contribution is 0.104. The Bertz CT molecular complexity index is 1440. The number of carbonyl (C=O) groups is 1. The van der Waals surface area contributed by atoms with Crippen LogP contribution in [0.5, 0.6) is 23.0 Å².